The number of rotatable bonds is 7. The summed E-state index contributed by atoms with van der Waals surface area (Å²) in [6.07, 6.45) is 4.26. The lowest BCUT2D eigenvalue weighted by Gasteiger charge is -2.25. The third-order valence-electron chi connectivity index (χ3n) is 5.64. The zero-order chi connectivity index (χ0) is 22.7. The lowest BCUT2D eigenvalue weighted by molar-refractivity contribution is -0.120. The predicted molar refractivity (Wildman–Crippen MR) is 127 cm³/mol. The lowest BCUT2D eigenvalue weighted by atomic mass is 10.0. The fourth-order valence-electron chi connectivity index (χ4n) is 4.01. The summed E-state index contributed by atoms with van der Waals surface area (Å²) in [5.41, 5.74) is 4.05. The molecule has 2 heterocycles. The molecule has 0 atom stereocenters. The van der Waals surface area contributed by atoms with Crippen molar-refractivity contribution in [2.24, 2.45) is 0 Å². The molecular weight excluding hydrogens is 422 g/mol. The van der Waals surface area contributed by atoms with Gasteiger partial charge >= 0.3 is 0 Å². The van der Waals surface area contributed by atoms with Gasteiger partial charge in [-0.2, -0.15) is 0 Å². The SMILES string of the molecule is CCN(CCc1ccncc1)C1=C(c2ccccc2)C(=O)N(c2ccc(Cl)cc2C)C1=O. The number of aromatic nitrogens is 1. The fourth-order valence-corrected chi connectivity index (χ4v) is 4.23. The van der Waals surface area contributed by atoms with Crippen LogP contribution >= 0.6 is 11.6 Å². The average Bonchev–Trinajstić information content (AvgIpc) is 3.06. The highest BCUT2D eigenvalue weighted by Gasteiger charge is 2.42. The number of hydrogen-bond acceptors (Lipinski definition) is 4. The second-order valence-electron chi connectivity index (χ2n) is 7.65. The highest BCUT2D eigenvalue weighted by Crippen LogP contribution is 2.36. The van der Waals surface area contributed by atoms with Crippen LogP contribution in [0.25, 0.3) is 5.57 Å². The highest BCUT2D eigenvalue weighted by atomic mass is 35.5. The molecule has 1 aliphatic heterocycles. The van der Waals surface area contributed by atoms with Gasteiger partial charge in [0.15, 0.2) is 0 Å². The van der Waals surface area contributed by atoms with Crippen LogP contribution in [0.3, 0.4) is 0 Å². The van der Waals surface area contributed by atoms with E-state index in [0.717, 1.165) is 23.1 Å². The van der Waals surface area contributed by atoms with Gasteiger partial charge in [-0.1, -0.05) is 41.9 Å². The summed E-state index contributed by atoms with van der Waals surface area (Å²) >= 11 is 6.11. The van der Waals surface area contributed by atoms with Gasteiger partial charge in [-0.25, -0.2) is 4.90 Å². The maximum absolute atomic E-state index is 13.7. The summed E-state index contributed by atoms with van der Waals surface area (Å²) in [4.78, 5) is 34.7. The van der Waals surface area contributed by atoms with E-state index >= 15 is 0 Å². The van der Waals surface area contributed by atoms with Crippen molar-refractivity contribution >= 4 is 34.7 Å². The Morgan fingerprint density at radius 3 is 2.34 bits per heavy atom. The number of carbonyl (C=O) groups excluding carboxylic acids is 2. The minimum absolute atomic E-state index is 0.309. The molecule has 4 rings (SSSR count). The Morgan fingerprint density at radius 2 is 1.69 bits per heavy atom. The molecule has 0 unspecified atom stereocenters. The van der Waals surface area contributed by atoms with Crippen LogP contribution in [-0.4, -0.2) is 34.8 Å². The monoisotopic (exact) mass is 445 g/mol. The normalized spacial score (nSPS) is 13.8. The molecule has 0 bridgehead atoms. The molecule has 2 amide bonds. The van der Waals surface area contributed by atoms with Gasteiger partial charge in [-0.3, -0.25) is 14.6 Å². The Bertz CT molecular complexity index is 1180. The second-order valence-corrected chi connectivity index (χ2v) is 8.09. The number of imide groups is 1. The van der Waals surface area contributed by atoms with Crippen LogP contribution in [-0.2, 0) is 16.0 Å². The molecule has 0 radical (unpaired) electrons. The first-order valence-electron chi connectivity index (χ1n) is 10.6. The molecule has 0 spiro atoms. The van der Waals surface area contributed by atoms with E-state index in [0.29, 0.717) is 35.1 Å². The van der Waals surface area contributed by atoms with Crippen LogP contribution < -0.4 is 4.90 Å². The van der Waals surface area contributed by atoms with Crippen molar-refractivity contribution in [2.45, 2.75) is 20.3 Å². The van der Waals surface area contributed by atoms with Crippen LogP contribution in [0.1, 0.15) is 23.6 Å². The van der Waals surface area contributed by atoms with Crippen LogP contribution in [0.5, 0.6) is 0 Å². The number of benzene rings is 2. The second kappa shape index (κ2) is 9.37. The summed E-state index contributed by atoms with van der Waals surface area (Å²) < 4.78 is 0. The van der Waals surface area contributed by atoms with Crippen LogP contribution in [0.2, 0.25) is 5.02 Å². The maximum Gasteiger partial charge on any atom is 0.282 e. The van der Waals surface area contributed by atoms with Gasteiger partial charge in [0.05, 0.1) is 11.3 Å². The molecule has 1 aromatic heterocycles. The summed E-state index contributed by atoms with van der Waals surface area (Å²) in [5, 5.41) is 0.564. The number of nitrogens with zero attached hydrogens (tertiary/aromatic N) is 3. The molecule has 5 nitrogen and oxygen atoms in total. The molecule has 1 aliphatic rings. The Labute approximate surface area is 193 Å². The minimum atomic E-state index is -0.316. The quantitative estimate of drug-likeness (QED) is 0.486. The van der Waals surface area contributed by atoms with Crippen molar-refractivity contribution in [1.82, 2.24) is 9.88 Å². The third kappa shape index (κ3) is 4.16. The standard InChI is InChI=1S/C26H24ClN3O2/c1-3-29(16-13-19-11-14-28-15-12-19)24-23(20-7-5-4-6-8-20)25(31)30(26(24)32)22-10-9-21(27)17-18(22)2/h4-12,14-15,17H,3,13,16H2,1-2H3. The van der Waals surface area contributed by atoms with Crippen molar-refractivity contribution in [3.63, 3.8) is 0 Å². The number of pyridine rings is 1. The summed E-state index contributed by atoms with van der Waals surface area (Å²) in [6.45, 7) is 5.06. The van der Waals surface area contributed by atoms with Gasteiger partial charge in [0, 0.05) is 30.5 Å². The first-order chi connectivity index (χ1) is 15.5. The smallest absolute Gasteiger partial charge is 0.282 e. The van der Waals surface area contributed by atoms with Gasteiger partial charge in [-0.05, 0) is 67.3 Å². The largest absolute Gasteiger partial charge is 0.366 e. The molecule has 0 saturated carbocycles. The van der Waals surface area contributed by atoms with Gasteiger partial charge in [0.1, 0.15) is 5.70 Å². The number of halogens is 1. The van der Waals surface area contributed by atoms with E-state index in [-0.39, 0.29) is 11.8 Å². The Morgan fingerprint density at radius 1 is 0.969 bits per heavy atom. The molecule has 0 aliphatic carbocycles. The van der Waals surface area contributed by atoms with Crippen LogP contribution in [0.4, 0.5) is 5.69 Å². The molecule has 32 heavy (non-hydrogen) atoms. The van der Waals surface area contributed by atoms with Gasteiger partial charge < -0.3 is 4.90 Å². The first kappa shape index (κ1) is 21.8. The van der Waals surface area contributed by atoms with Crippen molar-refractivity contribution in [2.75, 3.05) is 18.0 Å². The van der Waals surface area contributed by atoms with E-state index in [1.54, 1.807) is 30.6 Å². The lowest BCUT2D eigenvalue weighted by Crippen LogP contribution is -2.36. The van der Waals surface area contributed by atoms with E-state index in [4.69, 9.17) is 11.6 Å². The Hall–Kier alpha value is -3.44. The number of anilines is 1. The maximum atomic E-state index is 13.7. The van der Waals surface area contributed by atoms with Crippen molar-refractivity contribution < 1.29 is 9.59 Å². The topological polar surface area (TPSA) is 53.5 Å². The number of aryl methyl sites for hydroxylation is 1. The summed E-state index contributed by atoms with van der Waals surface area (Å²) in [7, 11) is 0. The van der Waals surface area contributed by atoms with E-state index in [1.165, 1.54) is 4.90 Å². The van der Waals surface area contributed by atoms with Crippen LogP contribution in [0, 0.1) is 6.92 Å². The molecule has 0 fully saturated rings. The molecule has 3 aromatic rings. The number of carbonyl (C=O) groups is 2. The Balaban J connectivity index is 1.76. The van der Waals surface area contributed by atoms with Crippen LogP contribution in [0.15, 0.2) is 78.8 Å². The van der Waals surface area contributed by atoms with E-state index in [1.807, 2.05) is 61.2 Å². The predicted octanol–water partition coefficient (Wildman–Crippen LogP) is 4.89. The van der Waals surface area contributed by atoms with E-state index in [2.05, 4.69) is 4.98 Å². The molecule has 6 heteroatoms. The van der Waals surface area contributed by atoms with Gasteiger partial charge in [0.2, 0.25) is 0 Å². The number of likely N-dealkylation sites (N-methyl/N-ethyl adjacent to an activating group) is 1. The van der Waals surface area contributed by atoms with Gasteiger partial charge in [-0.15, -0.1) is 0 Å². The zero-order valence-corrected chi connectivity index (χ0v) is 18.8. The van der Waals surface area contributed by atoms with Gasteiger partial charge in [0.25, 0.3) is 11.8 Å². The summed E-state index contributed by atoms with van der Waals surface area (Å²) in [5.74, 6) is -0.625. The molecular formula is C26H24ClN3O2. The first-order valence-corrected chi connectivity index (χ1v) is 11.0. The van der Waals surface area contributed by atoms with Crippen molar-refractivity contribution in [3.8, 4) is 0 Å². The molecule has 162 valence electrons. The summed E-state index contributed by atoms with van der Waals surface area (Å²) in [6, 6.07) is 18.5. The number of amides is 2. The average molecular weight is 446 g/mol. The fraction of sp³-hybridized carbons (Fsp3) is 0.192. The van der Waals surface area contributed by atoms with E-state index in [9.17, 15) is 9.59 Å². The Kier molecular flexibility index (Phi) is 6.37. The molecule has 0 N–H and O–H groups in total. The number of hydrogen-bond donors (Lipinski definition) is 0. The minimum Gasteiger partial charge on any atom is -0.366 e. The molecule has 2 aromatic carbocycles. The zero-order valence-electron chi connectivity index (χ0n) is 18.1. The van der Waals surface area contributed by atoms with E-state index < -0.39 is 0 Å². The third-order valence-corrected chi connectivity index (χ3v) is 5.87. The molecule has 0 saturated heterocycles. The van der Waals surface area contributed by atoms with Crippen molar-refractivity contribution in [1.29, 1.82) is 0 Å². The highest BCUT2D eigenvalue weighted by molar-refractivity contribution is 6.45. The van der Waals surface area contributed by atoms with Crippen molar-refractivity contribution in [3.05, 3.63) is 100 Å².